The van der Waals surface area contributed by atoms with Gasteiger partial charge in [0.2, 0.25) is 0 Å². The van der Waals surface area contributed by atoms with E-state index >= 15 is 0 Å². The highest BCUT2D eigenvalue weighted by atomic mass is 16.5. The third-order valence-electron chi connectivity index (χ3n) is 3.44. The van der Waals surface area contributed by atoms with E-state index in [-0.39, 0.29) is 5.91 Å². The molecule has 0 radical (unpaired) electrons. The molecule has 0 aliphatic heterocycles. The van der Waals surface area contributed by atoms with E-state index in [1.807, 2.05) is 37.3 Å². The molecule has 0 fully saturated rings. The van der Waals surface area contributed by atoms with Crippen LogP contribution in [0.25, 0.3) is 6.08 Å². The van der Waals surface area contributed by atoms with Gasteiger partial charge in [0.05, 0.1) is 7.11 Å². The van der Waals surface area contributed by atoms with E-state index in [0.29, 0.717) is 11.3 Å². The van der Waals surface area contributed by atoms with Crippen LogP contribution in [-0.4, -0.2) is 18.9 Å². The number of aryl methyl sites for hydroxylation is 1. The minimum Gasteiger partial charge on any atom is -0.497 e. The smallest absolute Gasteiger partial charge is 0.269 e. The van der Waals surface area contributed by atoms with E-state index in [4.69, 9.17) is 4.74 Å². The lowest BCUT2D eigenvalue weighted by Crippen LogP contribution is -2.40. The molecule has 0 bridgehead atoms. The van der Waals surface area contributed by atoms with E-state index in [1.165, 1.54) is 6.08 Å². The molecule has 0 spiro atoms. The molecule has 2 amide bonds. The van der Waals surface area contributed by atoms with Gasteiger partial charge in [0.15, 0.2) is 0 Å². The first-order valence-corrected chi connectivity index (χ1v) is 7.63. The van der Waals surface area contributed by atoms with Crippen LogP contribution in [0, 0.1) is 0 Å². The van der Waals surface area contributed by atoms with Crippen LogP contribution >= 0.6 is 0 Å². The monoisotopic (exact) mass is 324 g/mol. The van der Waals surface area contributed by atoms with E-state index in [0.717, 1.165) is 17.5 Å². The van der Waals surface area contributed by atoms with Gasteiger partial charge in [-0.3, -0.25) is 20.4 Å². The zero-order valence-electron chi connectivity index (χ0n) is 13.7. The van der Waals surface area contributed by atoms with Crippen LogP contribution < -0.4 is 15.6 Å². The first-order valence-electron chi connectivity index (χ1n) is 7.63. The summed E-state index contributed by atoms with van der Waals surface area (Å²) in [5, 5.41) is 0. The first kappa shape index (κ1) is 17.3. The number of methoxy groups -OCH3 is 1. The van der Waals surface area contributed by atoms with Crippen molar-refractivity contribution in [2.75, 3.05) is 7.11 Å². The van der Waals surface area contributed by atoms with E-state index < -0.39 is 5.91 Å². The van der Waals surface area contributed by atoms with Crippen molar-refractivity contribution >= 4 is 17.9 Å². The van der Waals surface area contributed by atoms with Crippen LogP contribution in [0.2, 0.25) is 0 Å². The second kappa shape index (κ2) is 8.53. The Labute approximate surface area is 141 Å². The number of rotatable bonds is 5. The molecule has 24 heavy (non-hydrogen) atoms. The molecular formula is C19H20N2O3. The fraction of sp³-hybridized carbons (Fsp3) is 0.158. The summed E-state index contributed by atoms with van der Waals surface area (Å²) < 4.78 is 5.11. The summed E-state index contributed by atoms with van der Waals surface area (Å²) in [6.45, 7) is 2.05. The van der Waals surface area contributed by atoms with Gasteiger partial charge in [0, 0.05) is 11.6 Å². The van der Waals surface area contributed by atoms with E-state index in [2.05, 4.69) is 10.9 Å². The summed E-state index contributed by atoms with van der Waals surface area (Å²) >= 11 is 0. The fourth-order valence-corrected chi connectivity index (χ4v) is 2.04. The summed E-state index contributed by atoms with van der Waals surface area (Å²) in [5.41, 5.74) is 7.20. The van der Waals surface area contributed by atoms with Gasteiger partial charge >= 0.3 is 0 Å². The molecular weight excluding hydrogens is 304 g/mol. The van der Waals surface area contributed by atoms with E-state index in [1.54, 1.807) is 31.4 Å². The lowest BCUT2D eigenvalue weighted by Gasteiger charge is -2.06. The number of hydrazine groups is 1. The minimum atomic E-state index is -0.420. The summed E-state index contributed by atoms with van der Waals surface area (Å²) in [6.07, 6.45) is 3.89. The third-order valence-corrected chi connectivity index (χ3v) is 3.44. The van der Waals surface area contributed by atoms with Gasteiger partial charge in [0.25, 0.3) is 11.8 Å². The Morgan fingerprint density at radius 2 is 1.83 bits per heavy atom. The second-order valence-electron chi connectivity index (χ2n) is 5.10. The van der Waals surface area contributed by atoms with Crippen molar-refractivity contribution in [1.29, 1.82) is 0 Å². The molecule has 0 saturated heterocycles. The largest absolute Gasteiger partial charge is 0.497 e. The highest BCUT2D eigenvalue weighted by molar-refractivity contribution is 5.97. The maximum atomic E-state index is 11.9. The van der Waals surface area contributed by atoms with Crippen LogP contribution in [0.3, 0.4) is 0 Å². The standard InChI is InChI=1S/C19H20N2O3/c1-3-14-7-10-16(11-8-14)19(23)21-20-18(22)12-9-15-5-4-6-17(13-15)24-2/h4-13H,3H2,1-2H3,(H,20,22)(H,21,23)/b12-9+. The van der Waals surface area contributed by atoms with Gasteiger partial charge < -0.3 is 4.74 Å². The van der Waals surface area contributed by atoms with Crippen molar-refractivity contribution in [2.24, 2.45) is 0 Å². The van der Waals surface area contributed by atoms with Crippen molar-refractivity contribution in [3.8, 4) is 5.75 Å². The number of nitrogens with one attached hydrogen (secondary N) is 2. The van der Waals surface area contributed by atoms with Gasteiger partial charge in [-0.2, -0.15) is 0 Å². The van der Waals surface area contributed by atoms with Gasteiger partial charge in [-0.25, -0.2) is 0 Å². The number of hydrogen-bond donors (Lipinski definition) is 2. The molecule has 0 aromatic heterocycles. The summed E-state index contributed by atoms with van der Waals surface area (Å²) in [5.74, 6) is -0.0708. The van der Waals surface area contributed by atoms with Gasteiger partial charge in [-0.15, -0.1) is 0 Å². The van der Waals surface area contributed by atoms with Crippen molar-refractivity contribution in [3.63, 3.8) is 0 Å². The molecule has 0 unspecified atom stereocenters. The summed E-state index contributed by atoms with van der Waals surface area (Å²) in [4.78, 5) is 23.7. The van der Waals surface area contributed by atoms with Gasteiger partial charge in [-0.1, -0.05) is 31.2 Å². The van der Waals surface area contributed by atoms with Crippen molar-refractivity contribution in [2.45, 2.75) is 13.3 Å². The van der Waals surface area contributed by atoms with Crippen LogP contribution in [-0.2, 0) is 11.2 Å². The molecule has 0 saturated carbocycles. The second-order valence-corrected chi connectivity index (χ2v) is 5.10. The number of amides is 2. The van der Waals surface area contributed by atoms with Crippen molar-refractivity contribution < 1.29 is 14.3 Å². The lowest BCUT2D eigenvalue weighted by atomic mass is 10.1. The Kier molecular flexibility index (Phi) is 6.14. The van der Waals surface area contributed by atoms with Gasteiger partial charge in [0.1, 0.15) is 5.75 Å². The molecule has 0 aliphatic carbocycles. The number of ether oxygens (including phenoxy) is 1. The average molecular weight is 324 g/mol. The van der Waals surface area contributed by atoms with Crippen LogP contribution in [0.15, 0.2) is 54.6 Å². The Balaban J connectivity index is 1.87. The van der Waals surface area contributed by atoms with Crippen molar-refractivity contribution in [1.82, 2.24) is 10.9 Å². The molecule has 2 aromatic carbocycles. The topological polar surface area (TPSA) is 67.4 Å². The third kappa shape index (κ3) is 4.98. The quantitative estimate of drug-likeness (QED) is 0.656. The zero-order valence-corrected chi connectivity index (χ0v) is 13.7. The molecule has 124 valence electrons. The molecule has 5 nitrogen and oxygen atoms in total. The Morgan fingerprint density at radius 1 is 1.08 bits per heavy atom. The average Bonchev–Trinajstić information content (AvgIpc) is 2.64. The normalized spacial score (nSPS) is 10.4. The molecule has 0 heterocycles. The highest BCUT2D eigenvalue weighted by Gasteiger charge is 2.05. The predicted octanol–water partition coefficient (Wildman–Crippen LogP) is 2.73. The molecule has 0 aliphatic rings. The number of carbonyl (C=O) groups is 2. The lowest BCUT2D eigenvalue weighted by molar-refractivity contribution is -0.117. The number of benzene rings is 2. The predicted molar refractivity (Wildman–Crippen MR) is 93.5 cm³/mol. The Hall–Kier alpha value is -3.08. The summed E-state index contributed by atoms with van der Waals surface area (Å²) in [6, 6.07) is 14.5. The molecule has 2 rings (SSSR count). The first-order chi connectivity index (χ1) is 11.6. The maximum absolute atomic E-state index is 11.9. The van der Waals surface area contributed by atoms with Crippen LogP contribution in [0.5, 0.6) is 5.75 Å². The maximum Gasteiger partial charge on any atom is 0.269 e. The fourth-order valence-electron chi connectivity index (χ4n) is 2.04. The molecule has 2 aromatic rings. The van der Waals surface area contributed by atoms with Gasteiger partial charge in [-0.05, 0) is 47.9 Å². The van der Waals surface area contributed by atoms with Crippen LogP contribution in [0.1, 0.15) is 28.4 Å². The van der Waals surface area contributed by atoms with Crippen LogP contribution in [0.4, 0.5) is 0 Å². The Morgan fingerprint density at radius 3 is 2.50 bits per heavy atom. The number of hydrogen-bond acceptors (Lipinski definition) is 3. The highest BCUT2D eigenvalue weighted by Crippen LogP contribution is 2.13. The number of carbonyl (C=O) groups excluding carboxylic acids is 2. The minimum absolute atomic E-state index is 0.360. The SMILES string of the molecule is CCc1ccc(C(=O)NNC(=O)/C=C/c2cccc(OC)c2)cc1. The summed E-state index contributed by atoms with van der Waals surface area (Å²) in [7, 11) is 1.58. The van der Waals surface area contributed by atoms with E-state index in [9.17, 15) is 9.59 Å². The molecule has 2 N–H and O–H groups in total. The molecule has 5 heteroatoms. The molecule has 0 atom stereocenters. The zero-order chi connectivity index (χ0) is 17.4. The Bertz CT molecular complexity index is 737. The van der Waals surface area contributed by atoms with Crippen molar-refractivity contribution in [3.05, 3.63) is 71.3 Å².